The maximum atomic E-state index is 16.1. The minimum atomic E-state index is -4.05. The molecule has 0 saturated heterocycles. The van der Waals surface area contributed by atoms with Gasteiger partial charge < -0.3 is 17.6 Å². The fourth-order valence-electron chi connectivity index (χ4n) is 5.40. The summed E-state index contributed by atoms with van der Waals surface area (Å²) >= 11 is 3.27. The highest BCUT2D eigenvalue weighted by Gasteiger charge is 2.56. The van der Waals surface area contributed by atoms with Gasteiger partial charge in [0.2, 0.25) is 0 Å². The van der Waals surface area contributed by atoms with Crippen LogP contribution in [0.5, 0.6) is 0 Å². The maximum absolute atomic E-state index is 16.1. The van der Waals surface area contributed by atoms with Crippen molar-refractivity contribution in [3.8, 4) is 0 Å². The molecule has 2 nitrogen and oxygen atoms in total. The summed E-state index contributed by atoms with van der Waals surface area (Å²) in [4.78, 5) is 0. The topological polar surface area (TPSA) is 7.94 Å². The van der Waals surface area contributed by atoms with Crippen LogP contribution in [0.2, 0.25) is 0 Å². The molecule has 0 atom stereocenters. The third-order valence-corrected chi connectivity index (χ3v) is 7.31. The maximum Gasteiger partial charge on any atom is 0.737 e. The van der Waals surface area contributed by atoms with Crippen molar-refractivity contribution in [2.75, 3.05) is 0 Å². The van der Waals surface area contributed by atoms with Gasteiger partial charge >= 0.3 is 6.97 Å². The molecule has 0 N–H and O–H groups in total. The van der Waals surface area contributed by atoms with E-state index in [0.717, 1.165) is 33.4 Å². The highest BCUT2D eigenvalue weighted by Crippen LogP contribution is 2.47. The van der Waals surface area contributed by atoms with Gasteiger partial charge in [0.05, 0.1) is 10.0 Å². The van der Waals surface area contributed by atoms with E-state index in [0.29, 0.717) is 40.1 Å². The predicted octanol–water partition coefficient (Wildman–Crippen LogP) is 6.78. The molecular weight excluding hydrogens is 452 g/mol. The second kappa shape index (κ2) is 7.01. The first-order valence-electron chi connectivity index (χ1n) is 10.3. The summed E-state index contributed by atoms with van der Waals surface area (Å²) in [6.07, 6.45) is 1.36. The summed E-state index contributed by atoms with van der Waals surface area (Å²) in [7, 11) is 0. The molecule has 30 heavy (non-hydrogen) atoms. The highest BCUT2D eigenvalue weighted by molar-refractivity contribution is 9.10. The Morgan fingerprint density at radius 3 is 2.30 bits per heavy atom. The zero-order valence-electron chi connectivity index (χ0n) is 18.1. The van der Waals surface area contributed by atoms with E-state index in [9.17, 15) is 4.39 Å². The summed E-state index contributed by atoms with van der Waals surface area (Å²) in [6, 6.07) is 4.76. The number of aromatic nitrogens is 1. The SMILES string of the molecule is CCC1=C(C)C2=C(c3ccc(F)c(Br)c3)c3c(C)c(CC)c(C)n3[B-](F)(F)[N+]2=C1C. The number of halogens is 4. The van der Waals surface area contributed by atoms with E-state index in [4.69, 9.17) is 0 Å². The zero-order valence-corrected chi connectivity index (χ0v) is 19.7. The van der Waals surface area contributed by atoms with Crippen molar-refractivity contribution in [1.29, 1.82) is 0 Å². The smallest absolute Gasteiger partial charge is 0.393 e. The van der Waals surface area contributed by atoms with E-state index in [-0.39, 0.29) is 5.82 Å². The van der Waals surface area contributed by atoms with Crippen LogP contribution in [0.15, 0.2) is 39.5 Å². The van der Waals surface area contributed by atoms with Gasteiger partial charge in [0.1, 0.15) is 11.5 Å². The van der Waals surface area contributed by atoms with Crippen LogP contribution in [0.3, 0.4) is 0 Å². The van der Waals surface area contributed by atoms with Crippen LogP contribution in [0.25, 0.3) is 5.57 Å². The highest BCUT2D eigenvalue weighted by atomic mass is 79.9. The molecule has 0 fully saturated rings. The van der Waals surface area contributed by atoms with Gasteiger partial charge in [-0.3, -0.25) is 0 Å². The standard InChI is InChI=1S/C23H25BBrF3N2/c1-7-17-12(3)22-21(16-9-10-20(26)19(25)11-16)23-13(4)18(8-2)15(6)30(23)24(27,28)29(22)14(17)5/h9-11H,7-8H2,1-6H3. The zero-order chi connectivity index (χ0) is 22.1. The molecule has 0 saturated carbocycles. The average molecular weight is 477 g/mol. The van der Waals surface area contributed by atoms with Crippen molar-refractivity contribution in [3.05, 3.63) is 73.4 Å². The van der Waals surface area contributed by atoms with Crippen molar-refractivity contribution >= 4 is 34.2 Å². The van der Waals surface area contributed by atoms with Crippen LogP contribution in [-0.4, -0.2) is 21.6 Å². The normalized spacial score (nSPS) is 17.8. The van der Waals surface area contributed by atoms with Gasteiger partial charge in [0.15, 0.2) is 5.70 Å². The Labute approximate surface area is 184 Å². The van der Waals surface area contributed by atoms with Crippen LogP contribution < -0.4 is 0 Å². The Morgan fingerprint density at radius 2 is 1.73 bits per heavy atom. The third kappa shape index (κ3) is 2.60. The van der Waals surface area contributed by atoms with Crippen LogP contribution in [-0.2, 0) is 6.42 Å². The number of allylic oxidation sites excluding steroid dienone is 2. The number of hydrogen-bond donors (Lipinski definition) is 0. The average Bonchev–Trinajstić information content (AvgIpc) is 3.09. The number of benzene rings is 1. The Balaban J connectivity index is 2.23. The molecule has 1 aromatic carbocycles. The molecule has 3 heterocycles. The Hall–Kier alpha value is -2.02. The molecule has 7 heteroatoms. The van der Waals surface area contributed by atoms with Crippen molar-refractivity contribution < 1.29 is 17.5 Å². The summed E-state index contributed by atoms with van der Waals surface area (Å²) in [5, 5.41) is 0. The van der Waals surface area contributed by atoms with Gasteiger partial charge in [-0.05, 0) is 84.1 Å². The van der Waals surface area contributed by atoms with E-state index >= 15 is 8.63 Å². The lowest BCUT2D eigenvalue weighted by Crippen LogP contribution is -2.51. The van der Waals surface area contributed by atoms with Crippen molar-refractivity contribution in [2.45, 2.75) is 54.4 Å². The van der Waals surface area contributed by atoms with Crippen LogP contribution in [0, 0.1) is 19.7 Å². The molecule has 4 rings (SSSR count). The molecule has 0 spiro atoms. The van der Waals surface area contributed by atoms with Gasteiger partial charge in [-0.25, -0.2) is 4.39 Å². The predicted molar refractivity (Wildman–Crippen MR) is 121 cm³/mol. The molecule has 0 unspecified atom stereocenters. The quantitative estimate of drug-likeness (QED) is 0.431. The van der Waals surface area contributed by atoms with Crippen LogP contribution >= 0.6 is 15.9 Å². The second-order valence-corrected chi connectivity index (χ2v) is 8.97. The van der Waals surface area contributed by atoms with E-state index in [1.54, 1.807) is 26.0 Å². The Kier molecular flexibility index (Phi) is 4.96. The van der Waals surface area contributed by atoms with E-state index in [1.165, 1.54) is 15.0 Å². The molecular formula is C23H25BBrF3N2. The lowest BCUT2D eigenvalue weighted by Gasteiger charge is -2.34. The van der Waals surface area contributed by atoms with Gasteiger partial charge in [-0.1, -0.05) is 19.9 Å². The number of rotatable bonds is 3. The molecule has 0 aliphatic carbocycles. The van der Waals surface area contributed by atoms with Gasteiger partial charge in [0, 0.05) is 23.8 Å². The monoisotopic (exact) mass is 476 g/mol. The van der Waals surface area contributed by atoms with Gasteiger partial charge in [0.25, 0.3) is 0 Å². The number of hydrogen-bond acceptors (Lipinski definition) is 0. The molecule has 158 valence electrons. The van der Waals surface area contributed by atoms with E-state index in [1.807, 2.05) is 27.7 Å². The molecule has 1 aromatic heterocycles. The fraction of sp³-hybridized carbons (Fsp3) is 0.348. The molecule has 0 bridgehead atoms. The first kappa shape index (κ1) is 21.2. The largest absolute Gasteiger partial charge is 0.737 e. The molecule has 2 aromatic rings. The molecule has 2 aliphatic heterocycles. The Bertz CT molecular complexity index is 1200. The first-order chi connectivity index (χ1) is 14.1. The lowest BCUT2D eigenvalue weighted by molar-refractivity contribution is -0.363. The van der Waals surface area contributed by atoms with Crippen molar-refractivity contribution in [1.82, 2.24) is 4.48 Å². The summed E-state index contributed by atoms with van der Waals surface area (Å²) < 4.78 is 49.0. The Morgan fingerprint density at radius 1 is 1.07 bits per heavy atom. The van der Waals surface area contributed by atoms with Crippen molar-refractivity contribution in [3.63, 3.8) is 0 Å². The van der Waals surface area contributed by atoms with Crippen molar-refractivity contribution in [2.24, 2.45) is 0 Å². The molecule has 2 aliphatic rings. The third-order valence-electron chi connectivity index (χ3n) is 6.70. The van der Waals surface area contributed by atoms with Crippen LogP contribution in [0.1, 0.15) is 62.2 Å². The summed E-state index contributed by atoms with van der Waals surface area (Å²) in [5.74, 6) is -0.375. The minimum Gasteiger partial charge on any atom is -0.393 e. The minimum absolute atomic E-state index is 0.321. The summed E-state index contributed by atoms with van der Waals surface area (Å²) in [5.41, 5.74) is 7.39. The number of fused-ring (bicyclic) bond motifs is 2. The fourth-order valence-corrected chi connectivity index (χ4v) is 5.78. The van der Waals surface area contributed by atoms with Crippen LogP contribution in [0.4, 0.5) is 13.0 Å². The molecule has 0 radical (unpaired) electrons. The van der Waals surface area contributed by atoms with E-state index in [2.05, 4.69) is 15.9 Å². The molecule has 0 amide bonds. The lowest BCUT2D eigenvalue weighted by atomic mass is 9.83. The van der Waals surface area contributed by atoms with E-state index < -0.39 is 6.97 Å². The second-order valence-electron chi connectivity index (χ2n) is 8.11. The van der Waals surface area contributed by atoms with Gasteiger partial charge in [-0.15, -0.1) is 0 Å². The number of nitrogens with zero attached hydrogens (tertiary/aromatic N) is 2. The van der Waals surface area contributed by atoms with Gasteiger partial charge in [-0.2, -0.15) is 0 Å². The first-order valence-corrected chi connectivity index (χ1v) is 11.1. The summed E-state index contributed by atoms with van der Waals surface area (Å²) in [6.45, 7) is 7.34.